The molecule has 0 heterocycles. The largest absolute Gasteiger partial charge is 0.492 e. The van der Waals surface area contributed by atoms with Crippen LogP contribution >= 0.6 is 0 Å². The van der Waals surface area contributed by atoms with Crippen LogP contribution in [0, 0.1) is 11.8 Å². The highest BCUT2D eigenvalue weighted by atomic mass is 32.2. The summed E-state index contributed by atoms with van der Waals surface area (Å²) < 4.78 is 32.5. The van der Waals surface area contributed by atoms with Gasteiger partial charge in [-0.1, -0.05) is 36.1 Å². The van der Waals surface area contributed by atoms with Crippen LogP contribution in [-0.2, 0) is 10.0 Å². The van der Waals surface area contributed by atoms with Gasteiger partial charge in [-0.25, -0.2) is 8.42 Å². The molecular formula is C19H19NO4S. The summed E-state index contributed by atoms with van der Waals surface area (Å²) in [5, 5.41) is 0. The lowest BCUT2D eigenvalue weighted by Crippen LogP contribution is -2.24. The first-order chi connectivity index (χ1) is 11.9. The minimum Gasteiger partial charge on any atom is -0.492 e. The predicted molar refractivity (Wildman–Crippen MR) is 96.1 cm³/mol. The SMILES string of the molecule is CCOc1ccccc1S(=O)(=O)NCC#Cc1ccc(C(C)=O)cc1. The second-order valence-corrected chi connectivity index (χ2v) is 6.87. The topological polar surface area (TPSA) is 72.5 Å². The minimum absolute atomic E-state index is 0.0137. The maximum atomic E-state index is 12.4. The molecule has 0 atom stereocenters. The lowest BCUT2D eigenvalue weighted by molar-refractivity contribution is 0.101. The first kappa shape index (κ1) is 18.7. The Hall–Kier alpha value is -2.62. The lowest BCUT2D eigenvalue weighted by Gasteiger charge is -2.10. The highest BCUT2D eigenvalue weighted by molar-refractivity contribution is 7.89. The van der Waals surface area contributed by atoms with Gasteiger partial charge in [0, 0.05) is 11.1 Å². The van der Waals surface area contributed by atoms with E-state index in [0.717, 1.165) is 0 Å². The zero-order chi connectivity index (χ0) is 18.3. The van der Waals surface area contributed by atoms with Crippen LogP contribution in [0.4, 0.5) is 0 Å². The molecule has 0 saturated carbocycles. The van der Waals surface area contributed by atoms with Crippen molar-refractivity contribution in [3.63, 3.8) is 0 Å². The highest BCUT2D eigenvalue weighted by Crippen LogP contribution is 2.22. The van der Waals surface area contributed by atoms with E-state index in [9.17, 15) is 13.2 Å². The fraction of sp³-hybridized carbons (Fsp3) is 0.211. The molecule has 1 N–H and O–H groups in total. The van der Waals surface area contributed by atoms with Gasteiger partial charge in [-0.2, -0.15) is 4.72 Å². The number of hydrogen-bond donors (Lipinski definition) is 1. The van der Waals surface area contributed by atoms with Gasteiger partial charge in [0.2, 0.25) is 10.0 Å². The highest BCUT2D eigenvalue weighted by Gasteiger charge is 2.18. The van der Waals surface area contributed by atoms with E-state index in [1.807, 2.05) is 0 Å². The summed E-state index contributed by atoms with van der Waals surface area (Å²) in [4.78, 5) is 11.3. The van der Waals surface area contributed by atoms with Gasteiger partial charge in [-0.05, 0) is 38.1 Å². The molecule has 0 unspecified atom stereocenters. The number of carbonyl (C=O) groups is 1. The number of benzene rings is 2. The molecular weight excluding hydrogens is 338 g/mol. The van der Waals surface area contributed by atoms with E-state index in [4.69, 9.17) is 4.74 Å². The third-order valence-electron chi connectivity index (χ3n) is 3.31. The molecule has 0 fully saturated rings. The summed E-state index contributed by atoms with van der Waals surface area (Å²) in [6.07, 6.45) is 0. The van der Waals surface area contributed by atoms with Crippen LogP contribution in [0.2, 0.25) is 0 Å². The van der Waals surface area contributed by atoms with Crippen molar-refractivity contribution >= 4 is 15.8 Å². The fourth-order valence-corrected chi connectivity index (χ4v) is 3.16. The molecule has 0 saturated heterocycles. The predicted octanol–water partition coefficient (Wildman–Crippen LogP) is 2.62. The number of ether oxygens (including phenoxy) is 1. The lowest BCUT2D eigenvalue weighted by atomic mass is 10.1. The normalized spacial score (nSPS) is 10.6. The van der Waals surface area contributed by atoms with Crippen LogP contribution < -0.4 is 9.46 Å². The number of sulfonamides is 1. The quantitative estimate of drug-likeness (QED) is 0.637. The Kier molecular flexibility index (Phi) is 6.34. The molecule has 0 radical (unpaired) electrons. The van der Waals surface area contributed by atoms with E-state index in [1.54, 1.807) is 49.4 Å². The van der Waals surface area contributed by atoms with E-state index in [0.29, 0.717) is 23.5 Å². The molecule has 6 heteroatoms. The van der Waals surface area contributed by atoms with E-state index in [1.165, 1.54) is 13.0 Å². The van der Waals surface area contributed by atoms with Gasteiger partial charge < -0.3 is 4.74 Å². The molecule has 25 heavy (non-hydrogen) atoms. The van der Waals surface area contributed by atoms with Crippen LogP contribution in [0.1, 0.15) is 29.8 Å². The molecule has 0 aliphatic heterocycles. The monoisotopic (exact) mass is 357 g/mol. The smallest absolute Gasteiger partial charge is 0.245 e. The van der Waals surface area contributed by atoms with Gasteiger partial charge in [0.25, 0.3) is 0 Å². The van der Waals surface area contributed by atoms with Crippen LogP contribution in [-0.4, -0.2) is 27.4 Å². The summed E-state index contributed by atoms with van der Waals surface area (Å²) in [6, 6.07) is 13.3. The Bertz CT molecular complexity index is 906. The maximum absolute atomic E-state index is 12.4. The number of Topliss-reactive ketones (excluding diaryl/α,β-unsaturated/α-hetero) is 1. The first-order valence-electron chi connectivity index (χ1n) is 7.75. The molecule has 0 amide bonds. The number of rotatable bonds is 6. The van der Waals surface area contributed by atoms with Gasteiger partial charge in [0.1, 0.15) is 10.6 Å². The molecule has 0 aliphatic rings. The van der Waals surface area contributed by atoms with Crippen molar-refractivity contribution in [2.24, 2.45) is 0 Å². The third kappa shape index (κ3) is 5.18. The second-order valence-electron chi connectivity index (χ2n) is 5.14. The van der Waals surface area contributed by atoms with E-state index < -0.39 is 10.0 Å². The van der Waals surface area contributed by atoms with Crippen molar-refractivity contribution in [1.82, 2.24) is 4.72 Å². The first-order valence-corrected chi connectivity index (χ1v) is 9.23. The Balaban J connectivity index is 2.05. The zero-order valence-electron chi connectivity index (χ0n) is 14.1. The van der Waals surface area contributed by atoms with Crippen molar-refractivity contribution in [3.8, 4) is 17.6 Å². The van der Waals surface area contributed by atoms with Gasteiger partial charge in [0.05, 0.1) is 13.2 Å². The number of nitrogens with one attached hydrogen (secondary N) is 1. The number of ketones is 1. The van der Waals surface area contributed by atoms with Crippen LogP contribution in [0.5, 0.6) is 5.75 Å². The van der Waals surface area contributed by atoms with Crippen molar-refractivity contribution < 1.29 is 17.9 Å². The van der Waals surface area contributed by atoms with E-state index >= 15 is 0 Å². The molecule has 2 aromatic carbocycles. The van der Waals surface area contributed by atoms with Gasteiger partial charge in [0.15, 0.2) is 5.78 Å². The van der Waals surface area contributed by atoms with Crippen LogP contribution in [0.3, 0.4) is 0 Å². The Morgan fingerprint density at radius 3 is 2.44 bits per heavy atom. The standard InChI is InChI=1S/C19H19NO4S/c1-3-24-18-8-4-5-9-19(18)25(22,23)20-14-6-7-16-10-12-17(13-11-16)15(2)21/h4-5,8-13,20H,3,14H2,1-2H3. The molecule has 0 aliphatic carbocycles. The summed E-state index contributed by atoms with van der Waals surface area (Å²) in [7, 11) is -3.71. The summed E-state index contributed by atoms with van der Waals surface area (Å²) >= 11 is 0. The summed E-state index contributed by atoms with van der Waals surface area (Å²) in [5.74, 6) is 5.91. The molecule has 2 rings (SSSR count). The van der Waals surface area contributed by atoms with Gasteiger partial charge in [-0.15, -0.1) is 0 Å². The molecule has 130 valence electrons. The molecule has 5 nitrogen and oxygen atoms in total. The van der Waals surface area contributed by atoms with Crippen molar-refractivity contribution in [2.45, 2.75) is 18.7 Å². The molecule has 0 aromatic heterocycles. The average Bonchev–Trinajstić information content (AvgIpc) is 2.60. The Labute approximate surface area is 148 Å². The zero-order valence-corrected chi connectivity index (χ0v) is 14.9. The van der Waals surface area contributed by atoms with Gasteiger partial charge >= 0.3 is 0 Å². The summed E-state index contributed by atoms with van der Waals surface area (Å²) in [6.45, 7) is 3.63. The number of carbonyl (C=O) groups excluding carboxylic acids is 1. The Morgan fingerprint density at radius 1 is 1.12 bits per heavy atom. The Morgan fingerprint density at radius 2 is 1.80 bits per heavy atom. The van der Waals surface area contributed by atoms with Crippen molar-refractivity contribution in [1.29, 1.82) is 0 Å². The van der Waals surface area contributed by atoms with Crippen LogP contribution in [0.15, 0.2) is 53.4 Å². The van der Waals surface area contributed by atoms with E-state index in [-0.39, 0.29) is 17.2 Å². The second kappa shape index (κ2) is 8.47. The van der Waals surface area contributed by atoms with Crippen LogP contribution in [0.25, 0.3) is 0 Å². The van der Waals surface area contributed by atoms with E-state index in [2.05, 4.69) is 16.6 Å². The summed E-state index contributed by atoms with van der Waals surface area (Å²) in [5.41, 5.74) is 1.32. The number of para-hydroxylation sites is 1. The van der Waals surface area contributed by atoms with Gasteiger partial charge in [-0.3, -0.25) is 4.79 Å². The molecule has 0 bridgehead atoms. The average molecular weight is 357 g/mol. The molecule has 0 spiro atoms. The number of hydrogen-bond acceptors (Lipinski definition) is 4. The molecule has 2 aromatic rings. The third-order valence-corrected chi connectivity index (χ3v) is 4.75. The maximum Gasteiger partial charge on any atom is 0.245 e. The fourth-order valence-electron chi connectivity index (χ4n) is 2.09. The van der Waals surface area contributed by atoms with Crippen molar-refractivity contribution in [3.05, 3.63) is 59.7 Å². The minimum atomic E-state index is -3.71. The van der Waals surface area contributed by atoms with Crippen molar-refractivity contribution in [2.75, 3.05) is 13.2 Å².